The molecule has 0 fully saturated rings. The first kappa shape index (κ1) is 12.8. The van der Waals surface area contributed by atoms with Crippen molar-refractivity contribution in [2.45, 2.75) is 13.1 Å². The van der Waals surface area contributed by atoms with Gasteiger partial charge in [0.1, 0.15) is 4.88 Å². The quantitative estimate of drug-likeness (QED) is 0.775. The molecule has 0 aliphatic carbocycles. The van der Waals surface area contributed by atoms with Gasteiger partial charge in [-0.05, 0) is 19.1 Å². The Hall–Kier alpha value is -1.24. The van der Waals surface area contributed by atoms with Crippen LogP contribution in [0, 0.1) is 0 Å². The third-order valence-corrected chi connectivity index (χ3v) is 2.41. The molecule has 0 aliphatic heterocycles. The Labute approximate surface area is 93.8 Å². The van der Waals surface area contributed by atoms with Crippen LogP contribution in [0.5, 0.6) is 5.06 Å². The maximum atomic E-state index is 11.8. The summed E-state index contributed by atoms with van der Waals surface area (Å²) in [6.45, 7) is 0.498. The first-order chi connectivity index (χ1) is 7.42. The number of hydrogen-bond donors (Lipinski definition) is 0. The second kappa shape index (κ2) is 5.20. The molecule has 0 radical (unpaired) electrons. The molecule has 0 amide bonds. The molecule has 3 nitrogen and oxygen atoms in total. The summed E-state index contributed by atoms with van der Waals surface area (Å²) in [4.78, 5) is 11.4. The van der Waals surface area contributed by atoms with E-state index in [4.69, 9.17) is 0 Å². The second-order valence-corrected chi connectivity index (χ2v) is 3.79. The molecule has 1 rings (SSSR count). The Morgan fingerprint density at radius 1 is 1.44 bits per heavy atom. The molecule has 0 bridgehead atoms. The zero-order chi connectivity index (χ0) is 12.2. The van der Waals surface area contributed by atoms with Crippen molar-refractivity contribution in [1.29, 1.82) is 0 Å². The van der Waals surface area contributed by atoms with E-state index in [9.17, 15) is 18.0 Å². The molecule has 1 aromatic rings. The summed E-state index contributed by atoms with van der Waals surface area (Å²) in [7, 11) is 0. The van der Waals surface area contributed by atoms with Gasteiger partial charge in [-0.3, -0.25) is 0 Å². The van der Waals surface area contributed by atoms with Crippen molar-refractivity contribution >= 4 is 17.3 Å². The number of halogens is 3. The lowest BCUT2D eigenvalue weighted by Gasteiger charge is -2.06. The molecule has 7 heteroatoms. The number of ether oxygens (including phenoxy) is 2. The van der Waals surface area contributed by atoms with Gasteiger partial charge in [-0.1, -0.05) is 11.3 Å². The second-order valence-electron chi connectivity index (χ2n) is 2.74. The van der Waals surface area contributed by atoms with Crippen molar-refractivity contribution in [3.05, 3.63) is 17.0 Å². The van der Waals surface area contributed by atoms with Gasteiger partial charge in [0.15, 0.2) is 11.7 Å². The van der Waals surface area contributed by atoms with Crippen molar-refractivity contribution < 1.29 is 27.4 Å². The molecule has 90 valence electrons. The summed E-state index contributed by atoms with van der Waals surface area (Å²) >= 11 is 0.825. The third-order valence-electron chi connectivity index (χ3n) is 1.44. The number of hydrogen-bond acceptors (Lipinski definition) is 4. The summed E-state index contributed by atoms with van der Waals surface area (Å²) in [5.74, 6) is -0.561. The lowest BCUT2D eigenvalue weighted by Crippen LogP contribution is -2.18. The van der Waals surface area contributed by atoms with Gasteiger partial charge in [-0.15, -0.1) is 0 Å². The van der Waals surface area contributed by atoms with E-state index in [0.717, 1.165) is 11.3 Å². The fraction of sp³-hybridized carbons (Fsp3) is 0.444. The maximum Gasteiger partial charge on any atom is 0.422 e. The highest BCUT2D eigenvalue weighted by atomic mass is 32.1. The summed E-state index contributed by atoms with van der Waals surface area (Å²) in [5, 5.41) is 0.0420. The Bertz CT molecular complexity index is 359. The van der Waals surface area contributed by atoms with Crippen LogP contribution in [0.1, 0.15) is 16.6 Å². The number of carbonyl (C=O) groups is 1. The van der Waals surface area contributed by atoms with E-state index < -0.39 is 18.8 Å². The van der Waals surface area contributed by atoms with Crippen LogP contribution in [-0.2, 0) is 4.74 Å². The molecule has 1 aromatic heterocycles. The van der Waals surface area contributed by atoms with E-state index in [0.29, 0.717) is 0 Å². The molecule has 0 N–H and O–H groups in total. The van der Waals surface area contributed by atoms with E-state index in [1.807, 2.05) is 0 Å². The minimum atomic E-state index is -4.38. The van der Waals surface area contributed by atoms with Crippen molar-refractivity contribution in [2.24, 2.45) is 0 Å². The zero-order valence-electron chi connectivity index (χ0n) is 8.34. The molecular weight excluding hydrogens is 245 g/mol. The number of esters is 1. The largest absolute Gasteiger partial charge is 0.475 e. The van der Waals surface area contributed by atoms with Gasteiger partial charge in [0.05, 0.1) is 6.61 Å². The van der Waals surface area contributed by atoms with Crippen LogP contribution < -0.4 is 4.74 Å². The molecule has 16 heavy (non-hydrogen) atoms. The van der Waals surface area contributed by atoms with Gasteiger partial charge in [0.2, 0.25) is 0 Å². The van der Waals surface area contributed by atoms with E-state index in [-0.39, 0.29) is 16.5 Å². The first-order valence-corrected chi connectivity index (χ1v) is 5.20. The van der Waals surface area contributed by atoms with Crippen LogP contribution in [0.25, 0.3) is 0 Å². The molecule has 1 heterocycles. The van der Waals surface area contributed by atoms with Crippen molar-refractivity contribution in [1.82, 2.24) is 0 Å². The zero-order valence-corrected chi connectivity index (χ0v) is 9.15. The SMILES string of the molecule is CCOC(=O)c1ccc(OCC(F)(F)F)s1. The van der Waals surface area contributed by atoms with Gasteiger partial charge >= 0.3 is 12.1 Å². The number of carbonyl (C=O) groups excluding carboxylic acids is 1. The van der Waals surface area contributed by atoms with Gasteiger partial charge in [-0.25, -0.2) is 4.79 Å². The highest BCUT2D eigenvalue weighted by Crippen LogP contribution is 2.27. The minimum absolute atomic E-state index is 0.0420. The summed E-state index contributed by atoms with van der Waals surface area (Å²) in [5.41, 5.74) is 0. The van der Waals surface area contributed by atoms with Crippen molar-refractivity contribution in [3.8, 4) is 5.06 Å². The fourth-order valence-corrected chi connectivity index (χ4v) is 1.61. The van der Waals surface area contributed by atoms with Crippen LogP contribution in [0.2, 0.25) is 0 Å². The Kier molecular flexibility index (Phi) is 4.17. The molecule has 0 atom stereocenters. The third kappa shape index (κ3) is 4.09. The Morgan fingerprint density at radius 3 is 2.69 bits per heavy atom. The number of rotatable bonds is 4. The highest BCUT2D eigenvalue weighted by Gasteiger charge is 2.28. The molecule has 0 unspecified atom stereocenters. The maximum absolute atomic E-state index is 11.8. The number of thiophene rings is 1. The minimum Gasteiger partial charge on any atom is -0.475 e. The van der Waals surface area contributed by atoms with Crippen molar-refractivity contribution in [3.63, 3.8) is 0 Å². The summed E-state index contributed by atoms with van der Waals surface area (Å²) < 4.78 is 44.6. The molecule has 0 saturated carbocycles. The molecule has 0 aliphatic rings. The number of alkyl halides is 3. The van der Waals surface area contributed by atoms with E-state index in [1.165, 1.54) is 12.1 Å². The van der Waals surface area contributed by atoms with E-state index in [2.05, 4.69) is 9.47 Å². The normalized spacial score (nSPS) is 11.2. The standard InChI is InChI=1S/C9H9F3O3S/c1-2-14-8(13)6-3-4-7(16-6)15-5-9(10,11)12/h3-4H,2,5H2,1H3. The molecule has 0 saturated heterocycles. The summed E-state index contributed by atoms with van der Waals surface area (Å²) in [6, 6.07) is 2.68. The van der Waals surface area contributed by atoms with Crippen LogP contribution in [-0.4, -0.2) is 25.4 Å². The van der Waals surface area contributed by atoms with E-state index >= 15 is 0 Å². The predicted molar refractivity (Wildman–Crippen MR) is 51.8 cm³/mol. The summed E-state index contributed by atoms with van der Waals surface area (Å²) in [6.07, 6.45) is -4.38. The molecule has 0 aromatic carbocycles. The van der Waals surface area contributed by atoms with Crippen LogP contribution in [0.15, 0.2) is 12.1 Å². The lowest BCUT2D eigenvalue weighted by molar-refractivity contribution is -0.152. The lowest BCUT2D eigenvalue weighted by atomic mass is 10.5. The Balaban J connectivity index is 2.55. The molecular formula is C9H9F3O3S. The van der Waals surface area contributed by atoms with Gasteiger partial charge in [0.25, 0.3) is 0 Å². The fourth-order valence-electron chi connectivity index (χ4n) is 0.863. The smallest absolute Gasteiger partial charge is 0.422 e. The monoisotopic (exact) mass is 254 g/mol. The predicted octanol–water partition coefficient (Wildman–Crippen LogP) is 2.87. The van der Waals surface area contributed by atoms with Gasteiger partial charge in [-0.2, -0.15) is 13.2 Å². The average Bonchev–Trinajstić information content (AvgIpc) is 2.62. The molecule has 0 spiro atoms. The topological polar surface area (TPSA) is 35.5 Å². The Morgan fingerprint density at radius 2 is 2.12 bits per heavy atom. The van der Waals surface area contributed by atoms with E-state index in [1.54, 1.807) is 6.92 Å². The highest BCUT2D eigenvalue weighted by molar-refractivity contribution is 7.15. The average molecular weight is 254 g/mol. The van der Waals surface area contributed by atoms with Gasteiger partial charge in [0, 0.05) is 0 Å². The van der Waals surface area contributed by atoms with Gasteiger partial charge < -0.3 is 9.47 Å². The van der Waals surface area contributed by atoms with Crippen LogP contribution in [0.3, 0.4) is 0 Å². The van der Waals surface area contributed by atoms with Crippen LogP contribution in [0.4, 0.5) is 13.2 Å². The van der Waals surface area contributed by atoms with Crippen molar-refractivity contribution in [2.75, 3.05) is 13.2 Å². The van der Waals surface area contributed by atoms with Crippen LogP contribution >= 0.6 is 11.3 Å². The first-order valence-electron chi connectivity index (χ1n) is 4.39.